The maximum atomic E-state index is 12.0. The highest BCUT2D eigenvalue weighted by Gasteiger charge is 2.30. The summed E-state index contributed by atoms with van der Waals surface area (Å²) in [6, 6.07) is 7.51. The normalized spacial score (nSPS) is 11.8. The minimum absolute atomic E-state index is 0.237. The molecular weight excluding hydrogens is 335 g/mol. The number of benzene rings is 1. The van der Waals surface area contributed by atoms with Crippen molar-refractivity contribution in [3.8, 4) is 5.75 Å². The van der Waals surface area contributed by atoms with Crippen molar-refractivity contribution in [1.29, 1.82) is 0 Å². The number of rotatable bonds is 3. The average Bonchev–Trinajstić information content (AvgIpc) is 2.36. The zero-order chi connectivity index (χ0) is 14.6. The van der Waals surface area contributed by atoms with Gasteiger partial charge in [-0.3, -0.25) is 4.98 Å². The van der Waals surface area contributed by atoms with Crippen molar-refractivity contribution in [2.24, 2.45) is 0 Å². The van der Waals surface area contributed by atoms with Crippen LogP contribution in [0, 0.1) is 0 Å². The standard InChI is InChI=1S/C14H9BrF3NO/c15-12-7-11(8-19-9-12)2-1-10-3-5-13(6-4-10)20-14(16,17)18/h1-9H/b2-1-. The lowest BCUT2D eigenvalue weighted by molar-refractivity contribution is -0.274. The van der Waals surface area contributed by atoms with Gasteiger partial charge in [-0.1, -0.05) is 24.3 Å². The number of hydrogen-bond donors (Lipinski definition) is 0. The van der Waals surface area contributed by atoms with Gasteiger partial charge >= 0.3 is 6.36 Å². The summed E-state index contributed by atoms with van der Waals surface area (Å²) in [7, 11) is 0. The van der Waals surface area contributed by atoms with Gasteiger partial charge in [0.25, 0.3) is 0 Å². The molecule has 0 aliphatic rings. The average molecular weight is 344 g/mol. The smallest absolute Gasteiger partial charge is 0.406 e. The second-order valence-corrected chi connectivity index (χ2v) is 4.80. The molecule has 1 heterocycles. The lowest BCUT2D eigenvalue weighted by Gasteiger charge is -2.08. The van der Waals surface area contributed by atoms with Crippen LogP contribution in [0.1, 0.15) is 11.1 Å². The quantitative estimate of drug-likeness (QED) is 0.789. The van der Waals surface area contributed by atoms with E-state index >= 15 is 0 Å². The predicted molar refractivity (Wildman–Crippen MR) is 74.0 cm³/mol. The summed E-state index contributed by atoms with van der Waals surface area (Å²) < 4.78 is 40.7. The molecule has 0 unspecified atom stereocenters. The van der Waals surface area contributed by atoms with Gasteiger partial charge in [0.1, 0.15) is 5.75 Å². The molecule has 0 saturated heterocycles. The molecule has 104 valence electrons. The van der Waals surface area contributed by atoms with E-state index in [0.29, 0.717) is 0 Å². The molecule has 1 aromatic heterocycles. The lowest BCUT2D eigenvalue weighted by Crippen LogP contribution is -2.16. The van der Waals surface area contributed by atoms with Gasteiger partial charge in [0.15, 0.2) is 0 Å². The van der Waals surface area contributed by atoms with Crippen molar-refractivity contribution in [1.82, 2.24) is 4.98 Å². The molecule has 1 aromatic carbocycles. The number of aromatic nitrogens is 1. The van der Waals surface area contributed by atoms with Crippen LogP contribution in [0.25, 0.3) is 12.2 Å². The molecule has 2 nitrogen and oxygen atoms in total. The summed E-state index contributed by atoms with van der Waals surface area (Å²) in [5, 5.41) is 0. The number of nitrogens with zero attached hydrogens (tertiary/aromatic N) is 1. The highest BCUT2D eigenvalue weighted by Crippen LogP contribution is 2.23. The Bertz CT molecular complexity index is 609. The first-order chi connectivity index (χ1) is 9.42. The van der Waals surface area contributed by atoms with Crippen molar-refractivity contribution < 1.29 is 17.9 Å². The van der Waals surface area contributed by atoms with E-state index < -0.39 is 6.36 Å². The van der Waals surface area contributed by atoms with Crippen molar-refractivity contribution in [2.45, 2.75) is 6.36 Å². The highest BCUT2D eigenvalue weighted by atomic mass is 79.9. The van der Waals surface area contributed by atoms with E-state index in [0.717, 1.165) is 15.6 Å². The van der Waals surface area contributed by atoms with Crippen LogP contribution in [0.5, 0.6) is 5.75 Å². The van der Waals surface area contributed by atoms with Crippen LogP contribution in [0.15, 0.2) is 47.2 Å². The molecule has 2 aromatic rings. The van der Waals surface area contributed by atoms with E-state index in [4.69, 9.17) is 0 Å². The number of ether oxygens (including phenoxy) is 1. The molecule has 0 atom stereocenters. The van der Waals surface area contributed by atoms with Crippen molar-refractivity contribution in [2.75, 3.05) is 0 Å². The maximum Gasteiger partial charge on any atom is 0.573 e. The Morgan fingerprint density at radius 2 is 1.65 bits per heavy atom. The van der Waals surface area contributed by atoms with Crippen molar-refractivity contribution in [3.05, 3.63) is 58.3 Å². The predicted octanol–water partition coefficient (Wildman–Crippen LogP) is 4.91. The van der Waals surface area contributed by atoms with E-state index in [9.17, 15) is 13.2 Å². The maximum absolute atomic E-state index is 12.0. The zero-order valence-electron chi connectivity index (χ0n) is 10.1. The van der Waals surface area contributed by atoms with E-state index in [1.54, 1.807) is 30.6 Å². The molecule has 0 spiro atoms. The van der Waals surface area contributed by atoms with Crippen LogP contribution in [-0.2, 0) is 0 Å². The first-order valence-electron chi connectivity index (χ1n) is 5.57. The molecule has 0 saturated carbocycles. The van der Waals surface area contributed by atoms with Gasteiger partial charge in [-0.05, 0) is 45.3 Å². The molecule has 0 aliphatic heterocycles. The van der Waals surface area contributed by atoms with Crippen LogP contribution < -0.4 is 4.74 Å². The molecule has 0 amide bonds. The Morgan fingerprint density at radius 1 is 1.00 bits per heavy atom. The molecule has 6 heteroatoms. The molecule has 0 fully saturated rings. The summed E-state index contributed by atoms with van der Waals surface area (Å²) in [4.78, 5) is 4.01. The summed E-state index contributed by atoms with van der Waals surface area (Å²) in [5.74, 6) is -0.237. The molecule has 0 N–H and O–H groups in total. The third-order valence-electron chi connectivity index (χ3n) is 2.31. The van der Waals surface area contributed by atoms with E-state index in [1.165, 1.54) is 12.1 Å². The van der Waals surface area contributed by atoms with Crippen molar-refractivity contribution >= 4 is 28.1 Å². The topological polar surface area (TPSA) is 22.1 Å². The fourth-order valence-corrected chi connectivity index (χ4v) is 1.88. The largest absolute Gasteiger partial charge is 0.573 e. The number of hydrogen-bond acceptors (Lipinski definition) is 2. The fraction of sp³-hybridized carbons (Fsp3) is 0.0714. The van der Waals surface area contributed by atoms with Gasteiger partial charge in [-0.25, -0.2) is 0 Å². The lowest BCUT2D eigenvalue weighted by atomic mass is 10.1. The first-order valence-corrected chi connectivity index (χ1v) is 6.36. The summed E-state index contributed by atoms with van der Waals surface area (Å²) in [6.45, 7) is 0. The minimum Gasteiger partial charge on any atom is -0.406 e. The molecule has 0 bridgehead atoms. The Morgan fingerprint density at radius 3 is 2.25 bits per heavy atom. The van der Waals surface area contributed by atoms with E-state index in [1.807, 2.05) is 12.1 Å². The highest BCUT2D eigenvalue weighted by molar-refractivity contribution is 9.10. The third kappa shape index (κ3) is 4.70. The second kappa shape index (κ2) is 6.09. The first kappa shape index (κ1) is 14.6. The second-order valence-electron chi connectivity index (χ2n) is 3.89. The number of alkyl halides is 3. The van der Waals surface area contributed by atoms with Gasteiger partial charge in [0.2, 0.25) is 0 Å². The van der Waals surface area contributed by atoms with Gasteiger partial charge in [-0.15, -0.1) is 13.2 Å². The van der Waals surface area contributed by atoms with E-state index in [-0.39, 0.29) is 5.75 Å². The number of pyridine rings is 1. The Labute approximate surface area is 122 Å². The fourth-order valence-electron chi connectivity index (χ4n) is 1.49. The van der Waals surface area contributed by atoms with Crippen LogP contribution >= 0.6 is 15.9 Å². The Hall–Kier alpha value is -1.82. The summed E-state index contributed by atoms with van der Waals surface area (Å²) in [5.41, 5.74) is 1.65. The van der Waals surface area contributed by atoms with Crippen LogP contribution in [0.2, 0.25) is 0 Å². The monoisotopic (exact) mass is 343 g/mol. The SMILES string of the molecule is FC(F)(F)Oc1ccc(/C=C\c2cncc(Br)c2)cc1. The Balaban J connectivity index is 2.07. The molecular formula is C14H9BrF3NO. The van der Waals surface area contributed by atoms with Gasteiger partial charge in [-0.2, -0.15) is 0 Å². The molecule has 20 heavy (non-hydrogen) atoms. The summed E-state index contributed by atoms with van der Waals surface area (Å²) in [6.07, 6.45) is 2.28. The van der Waals surface area contributed by atoms with Crippen LogP contribution in [-0.4, -0.2) is 11.3 Å². The van der Waals surface area contributed by atoms with Gasteiger partial charge < -0.3 is 4.74 Å². The van der Waals surface area contributed by atoms with Gasteiger partial charge in [0, 0.05) is 16.9 Å². The molecule has 0 aliphatic carbocycles. The van der Waals surface area contributed by atoms with E-state index in [2.05, 4.69) is 25.7 Å². The third-order valence-corrected chi connectivity index (χ3v) is 2.74. The Kier molecular flexibility index (Phi) is 4.44. The molecule has 0 radical (unpaired) electrons. The zero-order valence-corrected chi connectivity index (χ0v) is 11.6. The van der Waals surface area contributed by atoms with Crippen LogP contribution in [0.4, 0.5) is 13.2 Å². The van der Waals surface area contributed by atoms with Crippen molar-refractivity contribution in [3.63, 3.8) is 0 Å². The number of halogens is 4. The van der Waals surface area contributed by atoms with Crippen LogP contribution in [0.3, 0.4) is 0 Å². The summed E-state index contributed by atoms with van der Waals surface area (Å²) >= 11 is 3.31. The van der Waals surface area contributed by atoms with Gasteiger partial charge in [0.05, 0.1) is 0 Å². The minimum atomic E-state index is -4.67. The molecule has 2 rings (SSSR count).